The predicted molar refractivity (Wildman–Crippen MR) is 129 cm³/mol. The molecule has 1 aliphatic carbocycles. The molecule has 0 amide bonds. The van der Waals surface area contributed by atoms with Gasteiger partial charge in [0.2, 0.25) is 5.95 Å². The van der Waals surface area contributed by atoms with Crippen LogP contribution in [0.5, 0.6) is 0 Å². The Labute approximate surface area is 195 Å². The summed E-state index contributed by atoms with van der Waals surface area (Å²) < 4.78 is 14.8. The zero-order valence-corrected chi connectivity index (χ0v) is 18.6. The first-order valence-corrected chi connectivity index (χ1v) is 11.2. The first-order valence-electron chi connectivity index (χ1n) is 11.2. The number of anilines is 2. The second kappa shape index (κ2) is 8.41. The van der Waals surface area contributed by atoms with E-state index in [1.165, 1.54) is 6.07 Å². The van der Waals surface area contributed by atoms with Gasteiger partial charge in [0, 0.05) is 11.5 Å². The minimum Gasteiger partial charge on any atom is -0.481 e. The molecule has 1 aliphatic rings. The molecule has 0 aliphatic heterocycles. The molecular weight excluding hydrogens is 433 g/mol. The van der Waals surface area contributed by atoms with Crippen LogP contribution in [0.2, 0.25) is 0 Å². The summed E-state index contributed by atoms with van der Waals surface area (Å²) in [5.74, 6) is -1.58. The summed E-state index contributed by atoms with van der Waals surface area (Å²) in [5.41, 5.74) is 2.83. The highest BCUT2D eigenvalue weighted by Gasteiger charge is 2.48. The van der Waals surface area contributed by atoms with E-state index in [0.717, 1.165) is 23.0 Å². The van der Waals surface area contributed by atoms with Crippen molar-refractivity contribution in [2.75, 3.05) is 5.32 Å². The largest absolute Gasteiger partial charge is 0.481 e. The second-order valence-electron chi connectivity index (χ2n) is 9.03. The Balaban J connectivity index is 1.34. The highest BCUT2D eigenvalue weighted by Crippen LogP contribution is 2.45. The lowest BCUT2D eigenvalue weighted by molar-refractivity contribution is -0.149. The Morgan fingerprint density at radius 2 is 1.82 bits per heavy atom. The molecule has 3 N–H and O–H groups in total. The van der Waals surface area contributed by atoms with Gasteiger partial charge in [-0.15, -0.1) is 0 Å². The molecule has 172 valence electrons. The van der Waals surface area contributed by atoms with Crippen LogP contribution in [-0.4, -0.2) is 26.8 Å². The van der Waals surface area contributed by atoms with Crippen molar-refractivity contribution < 1.29 is 19.1 Å². The number of carboxylic acids is 1. The molecule has 0 unspecified atom stereocenters. The highest BCUT2D eigenvalue weighted by atomic mass is 19.1. The normalized spacial score (nSPS) is 19.9. The standard InChI is InChI=1S/C27H24FN3O3/c1-27(25(33)34)14-4-5-19(27)24(32)17-10-8-16(9-11-17)18-12-13-21(20(28)15-18)29-26-30-22-6-2-3-7-23(22)31-26/h2-3,6-13,15,19H,4-5,14H2,1H3,(H,33,34)(H2,29,30,31)/t19-,27+/m0/s1. The van der Waals surface area contributed by atoms with Gasteiger partial charge < -0.3 is 15.4 Å². The number of aromatic nitrogens is 2. The number of nitrogens with one attached hydrogen (secondary N) is 2. The first-order chi connectivity index (χ1) is 16.3. The monoisotopic (exact) mass is 457 g/mol. The zero-order chi connectivity index (χ0) is 23.9. The van der Waals surface area contributed by atoms with Gasteiger partial charge >= 0.3 is 5.97 Å². The second-order valence-corrected chi connectivity index (χ2v) is 9.03. The van der Waals surface area contributed by atoms with Crippen LogP contribution in [0.4, 0.5) is 16.0 Å². The molecule has 4 aromatic rings. The molecule has 7 heteroatoms. The van der Waals surface area contributed by atoms with Crippen molar-refractivity contribution in [2.45, 2.75) is 26.2 Å². The van der Waals surface area contributed by atoms with E-state index in [2.05, 4.69) is 15.3 Å². The van der Waals surface area contributed by atoms with Crippen LogP contribution < -0.4 is 5.32 Å². The third-order valence-electron chi connectivity index (χ3n) is 6.88. The SMILES string of the molecule is C[C@@]1(C(=O)O)CCC[C@H]1C(=O)c1ccc(-c2ccc(Nc3nc4ccccc4[nH]3)c(F)c2)cc1. The molecule has 0 saturated heterocycles. The third-order valence-corrected chi connectivity index (χ3v) is 6.88. The fourth-order valence-corrected chi connectivity index (χ4v) is 4.81. The maximum absolute atomic E-state index is 14.8. The predicted octanol–water partition coefficient (Wildman–Crippen LogP) is 6.19. The number of carbonyl (C=O) groups excluding carboxylic acids is 1. The summed E-state index contributed by atoms with van der Waals surface area (Å²) >= 11 is 0. The number of para-hydroxylation sites is 2. The van der Waals surface area contributed by atoms with E-state index in [9.17, 15) is 19.1 Å². The van der Waals surface area contributed by atoms with Gasteiger partial charge in [-0.05, 0) is 55.2 Å². The molecule has 2 atom stereocenters. The van der Waals surface area contributed by atoms with E-state index in [1.807, 2.05) is 24.3 Å². The molecule has 5 rings (SSSR count). The number of hydrogen-bond donors (Lipinski definition) is 3. The van der Waals surface area contributed by atoms with Crippen molar-refractivity contribution in [2.24, 2.45) is 11.3 Å². The van der Waals surface area contributed by atoms with E-state index >= 15 is 0 Å². The molecule has 1 saturated carbocycles. The smallest absolute Gasteiger partial charge is 0.310 e. The Hall–Kier alpha value is -4.00. The van der Waals surface area contributed by atoms with Gasteiger partial charge in [0.1, 0.15) is 5.82 Å². The van der Waals surface area contributed by atoms with Gasteiger partial charge in [0.25, 0.3) is 0 Å². The zero-order valence-electron chi connectivity index (χ0n) is 18.6. The lowest BCUT2D eigenvalue weighted by atomic mass is 9.76. The van der Waals surface area contributed by atoms with Crippen LogP contribution >= 0.6 is 0 Å². The lowest BCUT2D eigenvalue weighted by Gasteiger charge is -2.25. The molecule has 1 heterocycles. The Morgan fingerprint density at radius 1 is 1.09 bits per heavy atom. The number of carbonyl (C=O) groups is 2. The quantitative estimate of drug-likeness (QED) is 0.300. The van der Waals surface area contributed by atoms with Gasteiger partial charge in [-0.2, -0.15) is 0 Å². The number of fused-ring (bicyclic) bond motifs is 1. The maximum atomic E-state index is 14.8. The molecule has 0 bridgehead atoms. The number of aliphatic carboxylic acids is 1. The molecular formula is C27H24FN3O3. The van der Waals surface area contributed by atoms with E-state index in [1.54, 1.807) is 43.3 Å². The highest BCUT2D eigenvalue weighted by molar-refractivity contribution is 6.01. The number of carboxylic acid groups (broad SMARTS) is 1. The summed E-state index contributed by atoms with van der Waals surface area (Å²) in [5, 5.41) is 12.6. The number of hydrogen-bond acceptors (Lipinski definition) is 4. The summed E-state index contributed by atoms with van der Waals surface area (Å²) in [6.45, 7) is 1.66. The number of Topliss-reactive ketones (excluding diaryl/α,β-unsaturated/α-hetero) is 1. The molecule has 0 spiro atoms. The maximum Gasteiger partial charge on any atom is 0.310 e. The van der Waals surface area contributed by atoms with Gasteiger partial charge in [-0.1, -0.05) is 48.9 Å². The van der Waals surface area contributed by atoms with Crippen LogP contribution in [0.1, 0.15) is 36.5 Å². The van der Waals surface area contributed by atoms with Gasteiger partial charge in [0.15, 0.2) is 5.78 Å². The summed E-state index contributed by atoms with van der Waals surface area (Å²) in [4.78, 5) is 32.3. The molecule has 1 aromatic heterocycles. The molecule has 6 nitrogen and oxygen atoms in total. The number of aromatic amines is 1. The van der Waals surface area contributed by atoms with Crippen molar-refractivity contribution in [3.8, 4) is 11.1 Å². The van der Waals surface area contributed by atoms with E-state index in [4.69, 9.17) is 0 Å². The number of benzene rings is 3. The number of H-pyrrole nitrogens is 1. The van der Waals surface area contributed by atoms with Crippen LogP contribution in [0.25, 0.3) is 22.2 Å². The average molecular weight is 458 g/mol. The third kappa shape index (κ3) is 3.83. The van der Waals surface area contributed by atoms with Gasteiger partial charge in [0.05, 0.1) is 22.1 Å². The van der Waals surface area contributed by atoms with Crippen molar-refractivity contribution in [3.05, 3.63) is 78.1 Å². The van der Waals surface area contributed by atoms with E-state index in [0.29, 0.717) is 35.6 Å². The summed E-state index contributed by atoms with van der Waals surface area (Å²) in [7, 11) is 0. The van der Waals surface area contributed by atoms with Crippen LogP contribution in [0, 0.1) is 17.2 Å². The fourth-order valence-electron chi connectivity index (χ4n) is 4.81. The topological polar surface area (TPSA) is 95.1 Å². The van der Waals surface area contributed by atoms with Crippen molar-refractivity contribution in [1.82, 2.24) is 9.97 Å². The number of ketones is 1. The molecule has 1 fully saturated rings. The van der Waals surface area contributed by atoms with E-state index in [-0.39, 0.29) is 5.78 Å². The Morgan fingerprint density at radius 3 is 2.53 bits per heavy atom. The van der Waals surface area contributed by atoms with Crippen molar-refractivity contribution in [1.29, 1.82) is 0 Å². The number of imidazole rings is 1. The van der Waals surface area contributed by atoms with Crippen molar-refractivity contribution >= 4 is 34.4 Å². The van der Waals surface area contributed by atoms with E-state index < -0.39 is 23.1 Å². The minimum atomic E-state index is -1.03. The number of nitrogens with zero attached hydrogens (tertiary/aromatic N) is 1. The van der Waals surface area contributed by atoms with Crippen LogP contribution in [0.3, 0.4) is 0 Å². The molecule has 0 radical (unpaired) electrons. The van der Waals surface area contributed by atoms with Crippen LogP contribution in [-0.2, 0) is 4.79 Å². The molecule has 3 aromatic carbocycles. The van der Waals surface area contributed by atoms with Crippen LogP contribution in [0.15, 0.2) is 66.7 Å². The number of rotatable bonds is 6. The Kier molecular flexibility index (Phi) is 5.40. The molecule has 34 heavy (non-hydrogen) atoms. The van der Waals surface area contributed by atoms with Gasteiger partial charge in [-0.3, -0.25) is 9.59 Å². The average Bonchev–Trinajstić information content (AvgIpc) is 3.43. The lowest BCUT2D eigenvalue weighted by Crippen LogP contribution is -2.36. The summed E-state index contributed by atoms with van der Waals surface area (Å²) in [6, 6.07) is 19.3. The first kappa shape index (κ1) is 21.8. The van der Waals surface area contributed by atoms with Crippen molar-refractivity contribution in [3.63, 3.8) is 0 Å². The summed E-state index contributed by atoms with van der Waals surface area (Å²) in [6.07, 6.45) is 1.81. The fraction of sp³-hybridized carbons (Fsp3) is 0.222. The van der Waals surface area contributed by atoms with Gasteiger partial charge in [-0.25, -0.2) is 9.37 Å². The minimum absolute atomic E-state index is 0.148. The Bertz CT molecular complexity index is 1360. The number of halogens is 1.